The number of rotatable bonds is 7. The minimum atomic E-state index is -0.252. The second-order valence-electron chi connectivity index (χ2n) is 7.44. The summed E-state index contributed by atoms with van der Waals surface area (Å²) in [6.45, 7) is 2.62. The standard InChI is InChI=1S/C23H25N5O2/c29-22-3-1-13-27(22)16-19-8-10-21(11-9-19)26-23(30)24-15-18-4-6-20(7-5-18)17-28-14-2-12-25-28/h2,4-12,14H,1,3,13,15-17H2,(H2,24,26,30). The molecule has 7 nitrogen and oxygen atoms in total. The first-order valence-corrected chi connectivity index (χ1v) is 10.1. The van der Waals surface area contributed by atoms with E-state index in [-0.39, 0.29) is 11.9 Å². The summed E-state index contributed by atoms with van der Waals surface area (Å²) in [6, 6.07) is 17.4. The number of hydrogen-bond acceptors (Lipinski definition) is 3. The first kappa shape index (κ1) is 19.7. The van der Waals surface area contributed by atoms with Crippen LogP contribution < -0.4 is 10.6 Å². The Bertz CT molecular complexity index is 981. The van der Waals surface area contributed by atoms with Crippen molar-refractivity contribution in [1.29, 1.82) is 0 Å². The average molecular weight is 403 g/mol. The van der Waals surface area contributed by atoms with Gasteiger partial charge in [0.1, 0.15) is 0 Å². The van der Waals surface area contributed by atoms with Gasteiger partial charge in [0.25, 0.3) is 0 Å². The van der Waals surface area contributed by atoms with E-state index in [0.29, 0.717) is 19.5 Å². The average Bonchev–Trinajstić information content (AvgIpc) is 3.41. The maximum absolute atomic E-state index is 12.2. The van der Waals surface area contributed by atoms with Crippen molar-refractivity contribution >= 4 is 17.6 Å². The Labute approximate surface area is 175 Å². The van der Waals surface area contributed by atoms with E-state index in [1.54, 1.807) is 6.20 Å². The van der Waals surface area contributed by atoms with Crippen LogP contribution in [-0.4, -0.2) is 33.2 Å². The van der Waals surface area contributed by atoms with Crippen LogP contribution in [0.1, 0.15) is 29.5 Å². The molecule has 1 saturated heterocycles. The zero-order valence-corrected chi connectivity index (χ0v) is 16.8. The highest BCUT2D eigenvalue weighted by Crippen LogP contribution is 2.16. The van der Waals surface area contributed by atoms with Crippen LogP contribution in [-0.2, 0) is 24.4 Å². The maximum atomic E-state index is 12.2. The molecule has 7 heteroatoms. The van der Waals surface area contributed by atoms with Gasteiger partial charge >= 0.3 is 6.03 Å². The number of anilines is 1. The van der Waals surface area contributed by atoms with Crippen LogP contribution in [0, 0.1) is 0 Å². The van der Waals surface area contributed by atoms with Gasteiger partial charge in [-0.15, -0.1) is 0 Å². The maximum Gasteiger partial charge on any atom is 0.319 e. The van der Waals surface area contributed by atoms with E-state index in [2.05, 4.69) is 15.7 Å². The lowest BCUT2D eigenvalue weighted by atomic mass is 10.1. The Morgan fingerprint density at radius 3 is 2.33 bits per heavy atom. The number of nitrogens with zero attached hydrogens (tertiary/aromatic N) is 3. The van der Waals surface area contributed by atoms with E-state index in [1.165, 1.54) is 0 Å². The van der Waals surface area contributed by atoms with E-state index >= 15 is 0 Å². The number of nitrogens with one attached hydrogen (secondary N) is 2. The molecule has 0 radical (unpaired) electrons. The van der Waals surface area contributed by atoms with Crippen molar-refractivity contribution in [3.63, 3.8) is 0 Å². The second kappa shape index (κ2) is 9.26. The number of likely N-dealkylation sites (tertiary alicyclic amines) is 1. The van der Waals surface area contributed by atoms with Crippen LogP contribution in [0.25, 0.3) is 0 Å². The summed E-state index contributed by atoms with van der Waals surface area (Å²) >= 11 is 0. The summed E-state index contributed by atoms with van der Waals surface area (Å²) in [5.41, 5.74) is 3.97. The molecule has 0 atom stereocenters. The number of hydrogen-bond donors (Lipinski definition) is 2. The third-order valence-corrected chi connectivity index (χ3v) is 5.14. The van der Waals surface area contributed by atoms with E-state index in [0.717, 1.165) is 41.9 Å². The summed E-state index contributed by atoms with van der Waals surface area (Å²) in [7, 11) is 0. The van der Waals surface area contributed by atoms with Crippen molar-refractivity contribution in [2.45, 2.75) is 32.5 Å². The van der Waals surface area contributed by atoms with Crippen molar-refractivity contribution < 1.29 is 9.59 Å². The van der Waals surface area contributed by atoms with Crippen LogP contribution in [0.2, 0.25) is 0 Å². The first-order valence-electron chi connectivity index (χ1n) is 10.1. The lowest BCUT2D eigenvalue weighted by molar-refractivity contribution is -0.128. The van der Waals surface area contributed by atoms with Crippen molar-refractivity contribution in [2.75, 3.05) is 11.9 Å². The molecule has 1 fully saturated rings. The normalized spacial score (nSPS) is 13.5. The molecule has 0 spiro atoms. The van der Waals surface area contributed by atoms with Gasteiger partial charge in [-0.1, -0.05) is 36.4 Å². The smallest absolute Gasteiger partial charge is 0.319 e. The Morgan fingerprint density at radius 2 is 1.67 bits per heavy atom. The second-order valence-corrected chi connectivity index (χ2v) is 7.44. The summed E-state index contributed by atoms with van der Waals surface area (Å²) in [4.78, 5) is 25.8. The molecule has 2 aromatic carbocycles. The zero-order chi connectivity index (χ0) is 20.8. The topological polar surface area (TPSA) is 79.3 Å². The molecular weight excluding hydrogens is 378 g/mol. The SMILES string of the molecule is O=C(NCc1ccc(Cn2cccn2)cc1)Nc1ccc(CN2CCCC2=O)cc1. The molecule has 3 aromatic rings. The molecule has 1 aliphatic heterocycles. The quantitative estimate of drug-likeness (QED) is 0.635. The summed E-state index contributed by atoms with van der Waals surface area (Å²) in [6.07, 6.45) is 5.27. The third kappa shape index (κ3) is 5.26. The molecular formula is C23H25N5O2. The molecule has 0 aliphatic carbocycles. The van der Waals surface area contributed by atoms with Crippen molar-refractivity contribution in [2.24, 2.45) is 0 Å². The molecule has 3 amide bonds. The largest absolute Gasteiger partial charge is 0.338 e. The number of aromatic nitrogens is 2. The fourth-order valence-corrected chi connectivity index (χ4v) is 3.49. The number of carbonyl (C=O) groups excluding carboxylic acids is 2. The monoisotopic (exact) mass is 403 g/mol. The van der Waals surface area contributed by atoms with Gasteiger partial charge in [0.2, 0.25) is 5.91 Å². The first-order chi connectivity index (χ1) is 14.7. The van der Waals surface area contributed by atoms with Crippen molar-refractivity contribution in [3.05, 3.63) is 83.7 Å². The van der Waals surface area contributed by atoms with Gasteiger partial charge in [-0.05, 0) is 41.3 Å². The predicted molar refractivity (Wildman–Crippen MR) is 115 cm³/mol. The van der Waals surface area contributed by atoms with Gasteiger partial charge in [0.05, 0.1) is 6.54 Å². The lowest BCUT2D eigenvalue weighted by Crippen LogP contribution is -2.28. The van der Waals surface area contributed by atoms with E-state index < -0.39 is 0 Å². The number of urea groups is 1. The van der Waals surface area contributed by atoms with Gasteiger partial charge in [-0.3, -0.25) is 9.48 Å². The molecule has 4 rings (SSSR count). The van der Waals surface area contributed by atoms with Crippen LogP contribution in [0.3, 0.4) is 0 Å². The molecule has 0 saturated carbocycles. The fraction of sp³-hybridized carbons (Fsp3) is 0.261. The van der Waals surface area contributed by atoms with E-state index in [9.17, 15) is 9.59 Å². The minimum Gasteiger partial charge on any atom is -0.338 e. The van der Waals surface area contributed by atoms with Crippen LogP contribution in [0.4, 0.5) is 10.5 Å². The molecule has 154 valence electrons. The van der Waals surface area contributed by atoms with Gasteiger partial charge in [0.15, 0.2) is 0 Å². The van der Waals surface area contributed by atoms with E-state index in [4.69, 9.17) is 0 Å². The van der Waals surface area contributed by atoms with Crippen LogP contribution in [0.5, 0.6) is 0 Å². The van der Waals surface area contributed by atoms with Crippen LogP contribution in [0.15, 0.2) is 67.0 Å². The van der Waals surface area contributed by atoms with E-state index in [1.807, 2.05) is 70.4 Å². The van der Waals surface area contributed by atoms with Crippen molar-refractivity contribution in [3.8, 4) is 0 Å². The van der Waals surface area contributed by atoms with Gasteiger partial charge < -0.3 is 15.5 Å². The van der Waals surface area contributed by atoms with Crippen molar-refractivity contribution in [1.82, 2.24) is 20.0 Å². The summed E-state index contributed by atoms with van der Waals surface area (Å²) in [5.74, 6) is 0.214. The number of amides is 3. The molecule has 0 unspecified atom stereocenters. The van der Waals surface area contributed by atoms with Gasteiger partial charge in [-0.25, -0.2) is 4.79 Å². The lowest BCUT2D eigenvalue weighted by Gasteiger charge is -2.15. The van der Waals surface area contributed by atoms with Crippen LogP contribution >= 0.6 is 0 Å². The summed E-state index contributed by atoms with van der Waals surface area (Å²) < 4.78 is 1.87. The highest BCUT2D eigenvalue weighted by atomic mass is 16.2. The Hall–Kier alpha value is -3.61. The Morgan fingerprint density at radius 1 is 0.967 bits per heavy atom. The number of benzene rings is 2. The number of carbonyl (C=O) groups is 2. The molecule has 2 N–H and O–H groups in total. The summed E-state index contributed by atoms with van der Waals surface area (Å²) in [5, 5.41) is 9.91. The molecule has 1 aliphatic rings. The molecule has 0 bridgehead atoms. The minimum absolute atomic E-state index is 0.214. The molecule has 30 heavy (non-hydrogen) atoms. The fourth-order valence-electron chi connectivity index (χ4n) is 3.49. The highest BCUT2D eigenvalue weighted by molar-refractivity contribution is 5.89. The third-order valence-electron chi connectivity index (χ3n) is 5.14. The Balaban J connectivity index is 1.23. The zero-order valence-electron chi connectivity index (χ0n) is 16.8. The molecule has 1 aromatic heterocycles. The molecule has 2 heterocycles. The highest BCUT2D eigenvalue weighted by Gasteiger charge is 2.19. The predicted octanol–water partition coefficient (Wildman–Crippen LogP) is 3.38. The van der Waals surface area contributed by atoms with Gasteiger partial charge in [-0.2, -0.15) is 5.10 Å². The van der Waals surface area contributed by atoms with Gasteiger partial charge in [0, 0.05) is 44.1 Å². The Kier molecular flexibility index (Phi) is 6.08.